The van der Waals surface area contributed by atoms with Crippen LogP contribution in [0.2, 0.25) is 10.0 Å². The summed E-state index contributed by atoms with van der Waals surface area (Å²) in [5, 5.41) is 3.45. The van der Waals surface area contributed by atoms with Crippen molar-refractivity contribution in [1.29, 1.82) is 0 Å². The molecule has 0 radical (unpaired) electrons. The summed E-state index contributed by atoms with van der Waals surface area (Å²) < 4.78 is 47.9. The zero-order valence-electron chi connectivity index (χ0n) is 25.6. The van der Waals surface area contributed by atoms with Gasteiger partial charge in [-0.3, -0.25) is 9.59 Å². The van der Waals surface area contributed by atoms with Crippen molar-refractivity contribution in [3.63, 3.8) is 0 Å². The van der Waals surface area contributed by atoms with Gasteiger partial charge in [0.25, 0.3) is 5.91 Å². The number of halogens is 2. The van der Waals surface area contributed by atoms with E-state index in [2.05, 4.69) is 10.0 Å². The molecule has 0 aliphatic heterocycles. The summed E-state index contributed by atoms with van der Waals surface area (Å²) in [5.74, 6) is -1.92. The first-order chi connectivity index (χ1) is 20.5. The highest BCUT2D eigenvalue weighted by Gasteiger charge is 2.47. The van der Waals surface area contributed by atoms with E-state index >= 15 is 0 Å². The summed E-state index contributed by atoms with van der Waals surface area (Å²) in [4.78, 5) is 25.0. The molecule has 12 heteroatoms. The fourth-order valence-electron chi connectivity index (χ4n) is 4.90. The predicted molar refractivity (Wildman–Crippen MR) is 172 cm³/mol. The molecule has 1 aliphatic carbocycles. The monoisotopic (exact) mass is 662 g/mol. The molecular formula is C32H36Cl2N2O7S. The second-order valence-electron chi connectivity index (χ2n) is 11.9. The van der Waals surface area contributed by atoms with Gasteiger partial charge in [0.15, 0.2) is 16.2 Å². The number of sulfonamides is 1. The van der Waals surface area contributed by atoms with Gasteiger partial charge < -0.3 is 19.2 Å². The van der Waals surface area contributed by atoms with E-state index in [0.29, 0.717) is 10.9 Å². The van der Waals surface area contributed by atoms with Crippen LogP contribution in [0.5, 0.6) is 5.75 Å². The van der Waals surface area contributed by atoms with Gasteiger partial charge in [0.2, 0.25) is 10.0 Å². The highest BCUT2D eigenvalue weighted by atomic mass is 35.5. The standard InChI is InChI=1S/C32H36Cl2N2O7S/c1-18(2)25(30(38)43-31(4,5)6)36-44(39,40)32(15-13-21(14-16-32)20-11-9-8-10-12-20)35-29(37)26-19(3)24-27(41-7)22(33)17-23(34)28(24)42-26/h8-15,17-18,25,36H,16H2,1-7H3,(H,35,37)/t25-,32?/m0/s1. The SMILES string of the molecule is COc1c(Cl)cc(Cl)c2oc(C(=O)NC3(S(=O)(=O)N[C@H](C(=O)OC(C)(C)C)C(C)C)C=CC(c4ccccc4)=CC3)c(C)c12. The number of allylic oxidation sites excluding steroid dienone is 2. The summed E-state index contributed by atoms with van der Waals surface area (Å²) in [6, 6.07) is 9.62. The third-order valence-electron chi connectivity index (χ3n) is 7.15. The number of carbonyl (C=O) groups excluding carboxylic acids is 2. The predicted octanol–water partition coefficient (Wildman–Crippen LogP) is 6.81. The van der Waals surface area contributed by atoms with Crippen LogP contribution in [0, 0.1) is 12.8 Å². The summed E-state index contributed by atoms with van der Waals surface area (Å²) in [7, 11) is -3.07. The number of methoxy groups -OCH3 is 1. The highest BCUT2D eigenvalue weighted by Crippen LogP contribution is 2.42. The Morgan fingerprint density at radius 1 is 1.09 bits per heavy atom. The minimum atomic E-state index is -4.50. The maximum atomic E-state index is 14.3. The topological polar surface area (TPSA) is 124 Å². The van der Waals surface area contributed by atoms with Crippen molar-refractivity contribution in [3.8, 4) is 5.75 Å². The molecule has 0 spiro atoms. The lowest BCUT2D eigenvalue weighted by molar-refractivity contribution is -0.158. The minimum Gasteiger partial charge on any atom is -0.494 e. The van der Waals surface area contributed by atoms with Crippen molar-refractivity contribution < 1.29 is 31.9 Å². The van der Waals surface area contributed by atoms with Crippen LogP contribution in [0.25, 0.3) is 16.5 Å². The normalized spacial score (nSPS) is 17.8. The molecule has 0 saturated carbocycles. The Balaban J connectivity index is 1.78. The van der Waals surface area contributed by atoms with Gasteiger partial charge in [-0.05, 0) is 56.9 Å². The smallest absolute Gasteiger partial charge is 0.324 e. The molecule has 0 fully saturated rings. The molecule has 1 aromatic heterocycles. The van der Waals surface area contributed by atoms with E-state index < -0.39 is 44.3 Å². The van der Waals surface area contributed by atoms with Crippen molar-refractivity contribution in [1.82, 2.24) is 10.0 Å². The number of benzene rings is 2. The van der Waals surface area contributed by atoms with Crippen LogP contribution in [0.4, 0.5) is 0 Å². The van der Waals surface area contributed by atoms with Crippen LogP contribution in [0.15, 0.2) is 59.0 Å². The van der Waals surface area contributed by atoms with Gasteiger partial charge in [0, 0.05) is 12.0 Å². The van der Waals surface area contributed by atoms with Gasteiger partial charge >= 0.3 is 5.97 Å². The molecule has 1 heterocycles. The number of fused-ring (bicyclic) bond motifs is 1. The van der Waals surface area contributed by atoms with E-state index in [1.165, 1.54) is 19.3 Å². The van der Waals surface area contributed by atoms with Gasteiger partial charge in [0.1, 0.15) is 17.4 Å². The highest BCUT2D eigenvalue weighted by molar-refractivity contribution is 7.91. The van der Waals surface area contributed by atoms with Crippen LogP contribution >= 0.6 is 23.2 Å². The van der Waals surface area contributed by atoms with Gasteiger partial charge in [-0.15, -0.1) is 0 Å². The molecule has 9 nitrogen and oxygen atoms in total. The zero-order chi connectivity index (χ0) is 32.6. The molecule has 2 atom stereocenters. The Morgan fingerprint density at radius 3 is 2.30 bits per heavy atom. The maximum absolute atomic E-state index is 14.3. The van der Waals surface area contributed by atoms with Gasteiger partial charge in [0.05, 0.1) is 22.5 Å². The van der Waals surface area contributed by atoms with E-state index in [4.69, 9.17) is 37.1 Å². The molecule has 2 aromatic carbocycles. The second kappa shape index (κ2) is 12.6. The van der Waals surface area contributed by atoms with E-state index in [1.54, 1.807) is 53.7 Å². The Morgan fingerprint density at radius 2 is 1.75 bits per heavy atom. The first kappa shape index (κ1) is 33.6. The van der Waals surface area contributed by atoms with E-state index in [9.17, 15) is 18.0 Å². The Labute approximate surface area is 267 Å². The quantitative estimate of drug-likeness (QED) is 0.241. The number of hydrogen-bond donors (Lipinski definition) is 2. The number of esters is 1. The van der Waals surface area contributed by atoms with Crippen LogP contribution in [0.1, 0.15) is 62.7 Å². The summed E-state index contributed by atoms with van der Waals surface area (Å²) in [5.41, 5.74) is 1.32. The number of hydrogen-bond acceptors (Lipinski definition) is 7. The molecule has 2 N–H and O–H groups in total. The van der Waals surface area contributed by atoms with E-state index in [1.807, 2.05) is 30.3 Å². The largest absolute Gasteiger partial charge is 0.494 e. The Kier molecular flexibility index (Phi) is 9.61. The Hall–Kier alpha value is -3.31. The zero-order valence-corrected chi connectivity index (χ0v) is 27.9. The number of nitrogens with one attached hydrogen (secondary N) is 2. The fraction of sp³-hybridized carbons (Fsp3) is 0.375. The van der Waals surface area contributed by atoms with Crippen molar-refractivity contribution in [2.45, 2.75) is 64.5 Å². The summed E-state index contributed by atoms with van der Waals surface area (Å²) in [6.07, 6.45) is 4.60. The second-order valence-corrected chi connectivity index (χ2v) is 14.7. The number of furan rings is 1. The third kappa shape index (κ3) is 6.68. The number of carbonyl (C=O) groups is 2. The lowest BCUT2D eigenvalue weighted by Crippen LogP contribution is -2.61. The van der Waals surface area contributed by atoms with Crippen molar-refractivity contribution >= 4 is 61.6 Å². The molecule has 4 rings (SSSR count). The van der Waals surface area contributed by atoms with Crippen molar-refractivity contribution in [2.75, 3.05) is 7.11 Å². The van der Waals surface area contributed by atoms with Crippen molar-refractivity contribution in [2.24, 2.45) is 5.92 Å². The summed E-state index contributed by atoms with van der Waals surface area (Å²) >= 11 is 12.7. The van der Waals surface area contributed by atoms with Crippen LogP contribution in [-0.4, -0.2) is 43.9 Å². The first-order valence-corrected chi connectivity index (χ1v) is 16.2. The van der Waals surface area contributed by atoms with Crippen molar-refractivity contribution in [3.05, 3.63) is 81.6 Å². The van der Waals surface area contributed by atoms with E-state index in [0.717, 1.165) is 11.1 Å². The van der Waals surface area contributed by atoms with Gasteiger partial charge in [-0.2, -0.15) is 4.72 Å². The average Bonchev–Trinajstić information content (AvgIpc) is 3.29. The third-order valence-corrected chi connectivity index (χ3v) is 9.64. The lowest BCUT2D eigenvalue weighted by Gasteiger charge is -2.35. The number of amides is 1. The number of aryl methyl sites for hydroxylation is 1. The maximum Gasteiger partial charge on any atom is 0.324 e. The average molecular weight is 664 g/mol. The van der Waals surface area contributed by atoms with Crippen LogP contribution in [0.3, 0.4) is 0 Å². The molecule has 1 aliphatic rings. The number of rotatable bonds is 9. The molecule has 44 heavy (non-hydrogen) atoms. The van der Waals surface area contributed by atoms with Gasteiger partial charge in [-0.25, -0.2) is 8.42 Å². The molecule has 1 amide bonds. The van der Waals surface area contributed by atoms with E-state index in [-0.39, 0.29) is 33.6 Å². The van der Waals surface area contributed by atoms with Crippen LogP contribution in [-0.2, 0) is 19.6 Å². The number of ether oxygens (including phenoxy) is 2. The first-order valence-electron chi connectivity index (χ1n) is 14.0. The molecule has 236 valence electrons. The minimum absolute atomic E-state index is 0.150. The molecule has 0 bridgehead atoms. The molecule has 0 saturated heterocycles. The fourth-order valence-corrected chi connectivity index (χ4v) is 7.17. The molecular weight excluding hydrogens is 627 g/mol. The van der Waals surface area contributed by atoms with Crippen LogP contribution < -0.4 is 14.8 Å². The lowest BCUT2D eigenvalue weighted by atomic mass is 9.96. The van der Waals surface area contributed by atoms with Gasteiger partial charge in [-0.1, -0.05) is 79.5 Å². The molecule has 3 aromatic rings. The molecule has 1 unspecified atom stereocenters. The summed E-state index contributed by atoms with van der Waals surface area (Å²) in [6.45, 7) is 10.1. The Bertz CT molecular complexity index is 1760.